The molecule has 2 rings (SSSR count). The third kappa shape index (κ3) is 1.47. The molecule has 1 aliphatic carbocycles. The van der Waals surface area contributed by atoms with Gasteiger partial charge in [-0.1, -0.05) is 43.3 Å². The van der Waals surface area contributed by atoms with Crippen molar-refractivity contribution in [1.29, 1.82) is 0 Å². The van der Waals surface area contributed by atoms with Gasteiger partial charge in [0, 0.05) is 0 Å². The number of fused-ring (bicyclic) bond motifs is 1. The fourth-order valence-corrected chi connectivity index (χ4v) is 2.81. The highest BCUT2D eigenvalue weighted by Crippen LogP contribution is 2.50. The maximum atomic E-state index is 11.6. The Morgan fingerprint density at radius 1 is 1.47 bits per heavy atom. The van der Waals surface area contributed by atoms with Crippen LogP contribution in [0.2, 0.25) is 0 Å². The zero-order valence-electron chi connectivity index (χ0n) is 9.88. The lowest BCUT2D eigenvalue weighted by molar-refractivity contribution is -0.145. The van der Waals surface area contributed by atoms with Crippen LogP contribution < -0.4 is 0 Å². The van der Waals surface area contributed by atoms with Gasteiger partial charge in [0.15, 0.2) is 0 Å². The first-order valence-corrected chi connectivity index (χ1v) is 5.69. The Hall–Kier alpha value is -1.71. The Kier molecular flexibility index (Phi) is 2.73. The molecular weight excluding hydrogens is 218 g/mol. The second-order valence-corrected chi connectivity index (χ2v) is 4.84. The normalized spacial score (nSPS) is 26.9. The largest absolute Gasteiger partial charge is 0.481 e. The van der Waals surface area contributed by atoms with Crippen molar-refractivity contribution in [3.63, 3.8) is 0 Å². The Morgan fingerprint density at radius 3 is 2.65 bits per heavy atom. The van der Waals surface area contributed by atoms with Crippen molar-refractivity contribution in [2.24, 2.45) is 11.1 Å². The van der Waals surface area contributed by atoms with Gasteiger partial charge in [-0.25, -0.2) is 0 Å². The van der Waals surface area contributed by atoms with E-state index >= 15 is 0 Å². The van der Waals surface area contributed by atoms with E-state index in [0.717, 1.165) is 11.1 Å². The first-order chi connectivity index (χ1) is 8.04. The first-order valence-electron chi connectivity index (χ1n) is 5.69. The van der Waals surface area contributed by atoms with Crippen molar-refractivity contribution in [3.05, 3.63) is 40.3 Å². The molecule has 2 atom stereocenters. The number of nitrogens with zero attached hydrogens (tertiary/aromatic N) is 1. The highest BCUT2D eigenvalue weighted by molar-refractivity contribution is 5.84. The molecule has 0 radical (unpaired) electrons. The summed E-state index contributed by atoms with van der Waals surface area (Å²) in [6.07, 6.45) is 0.267. The van der Waals surface area contributed by atoms with Crippen molar-refractivity contribution in [2.75, 3.05) is 0 Å². The minimum atomic E-state index is -0.977. The van der Waals surface area contributed by atoms with E-state index in [1.165, 1.54) is 0 Å². The van der Waals surface area contributed by atoms with E-state index in [4.69, 9.17) is 0 Å². The second-order valence-electron chi connectivity index (χ2n) is 4.84. The summed E-state index contributed by atoms with van der Waals surface area (Å²) in [4.78, 5) is 22.5. The summed E-state index contributed by atoms with van der Waals surface area (Å²) in [5.41, 5.74) is 0.528. The fourth-order valence-electron chi connectivity index (χ4n) is 2.81. The summed E-state index contributed by atoms with van der Waals surface area (Å²) in [6.45, 7) is 3.75. The van der Waals surface area contributed by atoms with Crippen LogP contribution in [0.15, 0.2) is 29.4 Å². The topological polar surface area (TPSA) is 66.7 Å². The lowest BCUT2D eigenvalue weighted by Gasteiger charge is -2.29. The molecule has 90 valence electrons. The van der Waals surface area contributed by atoms with Crippen LogP contribution >= 0.6 is 0 Å². The van der Waals surface area contributed by atoms with E-state index in [2.05, 4.69) is 5.18 Å². The molecule has 1 aromatic carbocycles. The predicted molar refractivity (Wildman–Crippen MR) is 63.7 cm³/mol. The molecule has 0 fully saturated rings. The van der Waals surface area contributed by atoms with Gasteiger partial charge in [-0.3, -0.25) is 4.79 Å². The van der Waals surface area contributed by atoms with Gasteiger partial charge >= 0.3 is 5.97 Å². The number of carboxylic acids is 1. The van der Waals surface area contributed by atoms with Crippen molar-refractivity contribution in [2.45, 2.75) is 31.7 Å². The summed E-state index contributed by atoms with van der Waals surface area (Å²) in [5, 5.41) is 12.6. The molecule has 0 amide bonds. The Bertz CT molecular complexity index is 469. The lowest BCUT2D eigenvalue weighted by Crippen LogP contribution is -2.38. The highest BCUT2D eigenvalue weighted by atomic mass is 16.4. The summed E-state index contributed by atoms with van der Waals surface area (Å²) >= 11 is 0. The number of hydrogen-bond donors (Lipinski definition) is 1. The van der Waals surface area contributed by atoms with E-state index in [9.17, 15) is 14.8 Å². The fraction of sp³-hybridized carbons (Fsp3) is 0.462. The standard InChI is InChI=1S/C13H15NO3/c1-8(2)13(12(15)16)7-11(14-17)9-5-3-4-6-10(9)13/h3-6,8,11H,7H2,1-2H3,(H,15,16). The Morgan fingerprint density at radius 2 is 2.12 bits per heavy atom. The van der Waals surface area contributed by atoms with Gasteiger partial charge in [0.2, 0.25) is 0 Å². The van der Waals surface area contributed by atoms with Gasteiger partial charge in [-0.05, 0) is 23.5 Å². The Labute approximate surface area is 99.6 Å². The van der Waals surface area contributed by atoms with Crippen LogP contribution in [0.3, 0.4) is 0 Å². The highest BCUT2D eigenvalue weighted by Gasteiger charge is 2.52. The SMILES string of the molecule is CC(C)C1(C(=O)O)CC(N=O)c2ccccc21. The molecule has 0 bridgehead atoms. The molecule has 17 heavy (non-hydrogen) atoms. The van der Waals surface area contributed by atoms with Crippen LogP contribution in [0, 0.1) is 10.8 Å². The van der Waals surface area contributed by atoms with Crippen LogP contribution in [0.1, 0.15) is 37.4 Å². The summed E-state index contributed by atoms with van der Waals surface area (Å²) in [7, 11) is 0. The number of carboxylic acid groups (broad SMARTS) is 1. The molecule has 4 nitrogen and oxygen atoms in total. The minimum Gasteiger partial charge on any atom is -0.481 e. The first kappa shape index (κ1) is 11.8. The van der Waals surface area contributed by atoms with Gasteiger partial charge in [0.05, 0.1) is 5.41 Å². The second kappa shape index (κ2) is 3.95. The molecule has 1 aromatic rings. The molecule has 2 unspecified atom stereocenters. The number of nitroso groups, excluding NO2 is 1. The number of benzene rings is 1. The lowest BCUT2D eigenvalue weighted by atomic mass is 9.72. The van der Waals surface area contributed by atoms with Crippen molar-refractivity contribution in [3.8, 4) is 0 Å². The van der Waals surface area contributed by atoms with E-state index in [-0.39, 0.29) is 12.3 Å². The summed E-state index contributed by atoms with van der Waals surface area (Å²) in [5.74, 6) is -0.945. The zero-order valence-corrected chi connectivity index (χ0v) is 9.88. The molecule has 1 N–H and O–H groups in total. The van der Waals surface area contributed by atoms with Gasteiger partial charge in [-0.2, -0.15) is 4.91 Å². The van der Waals surface area contributed by atoms with Gasteiger partial charge in [0.25, 0.3) is 0 Å². The van der Waals surface area contributed by atoms with Gasteiger partial charge in [0.1, 0.15) is 6.04 Å². The smallest absolute Gasteiger partial charge is 0.314 e. The summed E-state index contributed by atoms with van der Waals surface area (Å²) in [6, 6.07) is 6.69. The van der Waals surface area contributed by atoms with E-state index in [0.29, 0.717) is 0 Å². The number of rotatable bonds is 3. The minimum absolute atomic E-state index is 0.0760. The number of carbonyl (C=O) groups is 1. The molecule has 0 spiro atoms. The maximum absolute atomic E-state index is 11.6. The third-order valence-corrected chi connectivity index (χ3v) is 3.81. The average molecular weight is 233 g/mol. The van der Waals surface area contributed by atoms with Gasteiger partial charge in [-0.15, -0.1) is 0 Å². The molecule has 0 heterocycles. The van der Waals surface area contributed by atoms with Crippen molar-refractivity contribution < 1.29 is 9.90 Å². The van der Waals surface area contributed by atoms with Gasteiger partial charge < -0.3 is 5.11 Å². The van der Waals surface area contributed by atoms with E-state index < -0.39 is 17.4 Å². The average Bonchev–Trinajstić information content (AvgIpc) is 2.64. The molecular formula is C13H15NO3. The Balaban J connectivity index is 2.66. The van der Waals surface area contributed by atoms with Crippen LogP contribution in [0.25, 0.3) is 0 Å². The molecule has 0 saturated heterocycles. The predicted octanol–water partition coefficient (Wildman–Crippen LogP) is 2.88. The molecule has 1 aliphatic rings. The van der Waals surface area contributed by atoms with Crippen LogP contribution in [0.4, 0.5) is 0 Å². The molecule has 0 aliphatic heterocycles. The quantitative estimate of drug-likeness (QED) is 0.816. The van der Waals surface area contributed by atoms with Crippen LogP contribution in [-0.4, -0.2) is 11.1 Å². The number of hydrogen-bond acceptors (Lipinski definition) is 3. The third-order valence-electron chi connectivity index (χ3n) is 3.81. The summed E-state index contributed by atoms with van der Waals surface area (Å²) < 4.78 is 0. The van der Waals surface area contributed by atoms with Crippen LogP contribution in [0.5, 0.6) is 0 Å². The molecule has 0 aromatic heterocycles. The van der Waals surface area contributed by atoms with E-state index in [1.54, 1.807) is 12.1 Å². The zero-order chi connectivity index (χ0) is 12.6. The number of aliphatic carboxylic acids is 1. The maximum Gasteiger partial charge on any atom is 0.314 e. The van der Waals surface area contributed by atoms with E-state index in [1.807, 2.05) is 26.0 Å². The molecule has 0 saturated carbocycles. The van der Waals surface area contributed by atoms with Crippen LogP contribution in [-0.2, 0) is 10.2 Å². The van der Waals surface area contributed by atoms with Crippen molar-refractivity contribution in [1.82, 2.24) is 0 Å². The molecule has 4 heteroatoms. The van der Waals surface area contributed by atoms with Crippen molar-refractivity contribution >= 4 is 5.97 Å². The monoisotopic (exact) mass is 233 g/mol.